The molecule has 94 valence electrons. The Kier molecular flexibility index (Phi) is 2.81. The molecule has 0 saturated carbocycles. The van der Waals surface area contributed by atoms with E-state index in [0.29, 0.717) is 11.7 Å². The van der Waals surface area contributed by atoms with Crippen LogP contribution in [0.25, 0.3) is 11.4 Å². The third kappa shape index (κ3) is 2.00. The van der Waals surface area contributed by atoms with Crippen LogP contribution in [0.3, 0.4) is 0 Å². The smallest absolute Gasteiger partial charge is 0.244 e. The van der Waals surface area contributed by atoms with Gasteiger partial charge in [0.15, 0.2) is 0 Å². The summed E-state index contributed by atoms with van der Waals surface area (Å²) in [7, 11) is 2.02. The van der Waals surface area contributed by atoms with Crippen molar-refractivity contribution in [1.82, 2.24) is 20.0 Å². The zero-order chi connectivity index (χ0) is 12.5. The minimum Gasteiger partial charge on any atom is -0.337 e. The summed E-state index contributed by atoms with van der Waals surface area (Å²) in [6, 6.07) is 4.06. The molecule has 3 heterocycles. The summed E-state index contributed by atoms with van der Waals surface area (Å²) >= 11 is 0. The van der Waals surface area contributed by atoms with Crippen molar-refractivity contribution < 1.29 is 4.52 Å². The largest absolute Gasteiger partial charge is 0.337 e. The highest BCUT2D eigenvalue weighted by Crippen LogP contribution is 2.29. The molecular weight excluding hydrogens is 230 g/mol. The summed E-state index contributed by atoms with van der Waals surface area (Å²) in [6.07, 6.45) is 4.29. The average Bonchev–Trinajstić information content (AvgIpc) is 2.97. The lowest BCUT2D eigenvalue weighted by molar-refractivity contribution is 0.244. The molecule has 2 atom stereocenters. The lowest BCUT2D eigenvalue weighted by atomic mass is 10.2. The van der Waals surface area contributed by atoms with Gasteiger partial charge in [0, 0.05) is 30.5 Å². The van der Waals surface area contributed by atoms with Gasteiger partial charge in [-0.15, -0.1) is 0 Å². The van der Waals surface area contributed by atoms with E-state index < -0.39 is 0 Å². The molecule has 0 bridgehead atoms. The topological polar surface area (TPSA) is 81.1 Å². The van der Waals surface area contributed by atoms with E-state index in [-0.39, 0.29) is 12.1 Å². The van der Waals surface area contributed by atoms with Crippen LogP contribution in [0, 0.1) is 0 Å². The Hall–Kier alpha value is -1.79. The predicted octanol–water partition coefficient (Wildman–Crippen LogP) is 0.836. The fourth-order valence-electron chi connectivity index (χ4n) is 2.31. The minimum absolute atomic E-state index is 0.123. The monoisotopic (exact) mass is 245 g/mol. The number of hydrogen-bond donors (Lipinski definition) is 1. The maximum atomic E-state index is 5.93. The molecular formula is C12H15N5O. The number of likely N-dealkylation sites (N-methyl/N-ethyl adjacent to an activating group) is 1. The Labute approximate surface area is 105 Å². The first-order valence-corrected chi connectivity index (χ1v) is 5.94. The van der Waals surface area contributed by atoms with Crippen molar-refractivity contribution in [1.29, 1.82) is 0 Å². The van der Waals surface area contributed by atoms with E-state index in [1.165, 1.54) is 0 Å². The van der Waals surface area contributed by atoms with E-state index >= 15 is 0 Å². The van der Waals surface area contributed by atoms with Gasteiger partial charge in [0.25, 0.3) is 0 Å². The maximum Gasteiger partial charge on any atom is 0.244 e. The molecule has 6 heteroatoms. The SMILES string of the molecule is CN1C[C@@H](N)C[C@H]1c1nc(-c2cccnc2)no1. The molecule has 18 heavy (non-hydrogen) atoms. The molecule has 2 aromatic heterocycles. The van der Waals surface area contributed by atoms with Gasteiger partial charge in [-0.05, 0) is 25.6 Å². The quantitative estimate of drug-likeness (QED) is 0.844. The molecule has 1 saturated heterocycles. The van der Waals surface area contributed by atoms with Crippen LogP contribution in [0.15, 0.2) is 29.0 Å². The fourth-order valence-corrected chi connectivity index (χ4v) is 2.31. The van der Waals surface area contributed by atoms with Gasteiger partial charge in [0.05, 0.1) is 6.04 Å². The van der Waals surface area contributed by atoms with Gasteiger partial charge in [-0.1, -0.05) is 5.16 Å². The van der Waals surface area contributed by atoms with E-state index in [9.17, 15) is 0 Å². The van der Waals surface area contributed by atoms with E-state index in [2.05, 4.69) is 20.0 Å². The number of likely N-dealkylation sites (tertiary alicyclic amines) is 1. The molecule has 1 aliphatic rings. The molecule has 0 radical (unpaired) electrons. The first kappa shape index (κ1) is 11.3. The number of hydrogen-bond acceptors (Lipinski definition) is 6. The summed E-state index contributed by atoms with van der Waals surface area (Å²) < 4.78 is 5.34. The lowest BCUT2D eigenvalue weighted by Gasteiger charge is -2.13. The fraction of sp³-hybridized carbons (Fsp3) is 0.417. The van der Waals surface area contributed by atoms with Gasteiger partial charge >= 0.3 is 0 Å². The van der Waals surface area contributed by atoms with Crippen molar-refractivity contribution in [2.24, 2.45) is 5.73 Å². The Balaban J connectivity index is 1.86. The van der Waals surface area contributed by atoms with Crippen molar-refractivity contribution in [2.45, 2.75) is 18.5 Å². The molecule has 2 aromatic rings. The zero-order valence-electron chi connectivity index (χ0n) is 10.2. The number of nitrogens with two attached hydrogens (primary N) is 1. The van der Waals surface area contributed by atoms with Gasteiger partial charge in [-0.2, -0.15) is 4.98 Å². The van der Waals surface area contributed by atoms with Gasteiger partial charge in [-0.25, -0.2) is 0 Å². The van der Waals surface area contributed by atoms with Gasteiger partial charge in [0.2, 0.25) is 11.7 Å². The number of pyridine rings is 1. The summed E-state index contributed by atoms with van der Waals surface area (Å²) in [5.74, 6) is 1.20. The van der Waals surface area contributed by atoms with Crippen LogP contribution in [0.5, 0.6) is 0 Å². The van der Waals surface area contributed by atoms with Crippen LogP contribution in [0.1, 0.15) is 18.4 Å². The number of rotatable bonds is 2. The summed E-state index contributed by atoms with van der Waals surface area (Å²) in [6.45, 7) is 0.856. The normalized spacial score (nSPS) is 24.6. The maximum absolute atomic E-state index is 5.93. The van der Waals surface area contributed by atoms with Crippen LogP contribution < -0.4 is 5.73 Å². The molecule has 0 aliphatic carbocycles. The van der Waals surface area contributed by atoms with Crippen molar-refractivity contribution >= 4 is 0 Å². The van der Waals surface area contributed by atoms with Gasteiger partial charge in [0.1, 0.15) is 0 Å². The third-order valence-corrected chi connectivity index (χ3v) is 3.23. The van der Waals surface area contributed by atoms with E-state index in [4.69, 9.17) is 10.3 Å². The molecule has 0 aromatic carbocycles. The van der Waals surface area contributed by atoms with E-state index in [1.807, 2.05) is 19.2 Å². The standard InChI is InChI=1S/C12H15N5O/c1-17-7-9(13)5-10(17)12-15-11(16-18-12)8-3-2-4-14-6-8/h2-4,6,9-10H,5,7,13H2,1H3/t9-,10-/m0/s1. The van der Waals surface area contributed by atoms with Crippen molar-refractivity contribution in [3.8, 4) is 11.4 Å². The highest BCUT2D eigenvalue weighted by molar-refractivity contribution is 5.51. The second-order valence-electron chi connectivity index (χ2n) is 4.65. The Morgan fingerprint density at radius 2 is 2.39 bits per heavy atom. The highest BCUT2D eigenvalue weighted by Gasteiger charge is 2.32. The Morgan fingerprint density at radius 3 is 3.06 bits per heavy atom. The number of nitrogens with zero attached hydrogens (tertiary/aromatic N) is 4. The predicted molar refractivity (Wildman–Crippen MR) is 65.5 cm³/mol. The van der Waals surface area contributed by atoms with Crippen molar-refractivity contribution in [3.05, 3.63) is 30.4 Å². The molecule has 0 spiro atoms. The van der Waals surface area contributed by atoms with E-state index in [1.54, 1.807) is 12.4 Å². The molecule has 0 unspecified atom stereocenters. The zero-order valence-corrected chi connectivity index (χ0v) is 10.2. The third-order valence-electron chi connectivity index (χ3n) is 3.23. The van der Waals surface area contributed by atoms with Gasteiger partial charge in [-0.3, -0.25) is 9.88 Å². The van der Waals surface area contributed by atoms with Gasteiger partial charge < -0.3 is 10.3 Å². The number of aromatic nitrogens is 3. The second-order valence-corrected chi connectivity index (χ2v) is 4.65. The minimum atomic E-state index is 0.123. The molecule has 1 aliphatic heterocycles. The molecule has 6 nitrogen and oxygen atoms in total. The lowest BCUT2D eigenvalue weighted by Crippen LogP contribution is -2.24. The van der Waals surface area contributed by atoms with Crippen LogP contribution in [-0.2, 0) is 0 Å². The molecule has 2 N–H and O–H groups in total. The first-order chi connectivity index (χ1) is 8.74. The van der Waals surface area contributed by atoms with E-state index in [0.717, 1.165) is 18.5 Å². The van der Waals surface area contributed by atoms with Crippen molar-refractivity contribution in [2.75, 3.05) is 13.6 Å². The summed E-state index contributed by atoms with van der Waals surface area (Å²) in [4.78, 5) is 10.6. The molecule has 0 amide bonds. The van der Waals surface area contributed by atoms with Crippen LogP contribution in [0.2, 0.25) is 0 Å². The first-order valence-electron chi connectivity index (χ1n) is 5.94. The highest BCUT2D eigenvalue weighted by atomic mass is 16.5. The van der Waals surface area contributed by atoms with Crippen LogP contribution in [-0.4, -0.2) is 39.7 Å². The van der Waals surface area contributed by atoms with Crippen LogP contribution in [0.4, 0.5) is 0 Å². The van der Waals surface area contributed by atoms with Crippen molar-refractivity contribution in [3.63, 3.8) is 0 Å². The van der Waals surface area contributed by atoms with Crippen LogP contribution >= 0.6 is 0 Å². The molecule has 1 fully saturated rings. The molecule has 3 rings (SSSR count). The summed E-state index contributed by atoms with van der Waals surface area (Å²) in [5.41, 5.74) is 6.79. The second kappa shape index (κ2) is 4.47. The Morgan fingerprint density at radius 1 is 1.50 bits per heavy atom. The summed E-state index contributed by atoms with van der Waals surface area (Å²) in [5, 5.41) is 4.00. The Bertz CT molecular complexity index is 526. The average molecular weight is 245 g/mol.